The van der Waals surface area contributed by atoms with Gasteiger partial charge >= 0.3 is 6.18 Å². The van der Waals surface area contributed by atoms with Crippen LogP contribution < -0.4 is 10.2 Å². The van der Waals surface area contributed by atoms with Crippen molar-refractivity contribution in [2.75, 3.05) is 24.6 Å². The number of allylic oxidation sites excluding steroid dienone is 1. The topological polar surface area (TPSA) is 96.6 Å². The summed E-state index contributed by atoms with van der Waals surface area (Å²) in [5.41, 5.74) is -2.29. The number of hydrogen-bond acceptors (Lipinski definition) is 5. The van der Waals surface area contributed by atoms with Gasteiger partial charge < -0.3 is 20.4 Å². The number of halogens is 3. The van der Waals surface area contributed by atoms with Gasteiger partial charge in [-0.2, -0.15) is 18.4 Å². The molecule has 1 fully saturated rings. The summed E-state index contributed by atoms with van der Waals surface area (Å²) in [4.78, 5) is 14.5. The summed E-state index contributed by atoms with van der Waals surface area (Å²) in [5.74, 6) is -1.26. The van der Waals surface area contributed by atoms with E-state index in [0.717, 1.165) is 24.6 Å². The molecule has 3 rings (SSSR count). The van der Waals surface area contributed by atoms with Gasteiger partial charge in [0.15, 0.2) is 0 Å². The number of anilines is 1. The molecule has 1 aliphatic heterocycles. The number of piperidine rings is 1. The maximum atomic E-state index is 14.4. The number of carbonyl (C=O) groups is 1. The fourth-order valence-electron chi connectivity index (χ4n) is 4.21. The van der Waals surface area contributed by atoms with Gasteiger partial charge in [-0.15, -0.1) is 0 Å². The SMILES string of the molecule is CC1CCCCN1c1c(/C(=C(\C#N)C(=O)NCC(O)CO)C(F)(F)F)ccc2ccccc12. The van der Waals surface area contributed by atoms with Crippen LogP contribution in [0.5, 0.6) is 0 Å². The van der Waals surface area contributed by atoms with Gasteiger partial charge in [0.25, 0.3) is 5.91 Å². The largest absolute Gasteiger partial charge is 0.418 e. The maximum Gasteiger partial charge on any atom is 0.418 e. The molecule has 0 aliphatic carbocycles. The second-order valence-corrected chi connectivity index (χ2v) is 8.13. The number of nitrogens with zero attached hydrogens (tertiary/aromatic N) is 2. The van der Waals surface area contributed by atoms with Crippen molar-refractivity contribution in [3.05, 3.63) is 47.5 Å². The summed E-state index contributed by atoms with van der Waals surface area (Å²) >= 11 is 0. The highest BCUT2D eigenvalue weighted by Gasteiger charge is 2.42. The van der Waals surface area contributed by atoms with Crippen LogP contribution in [0.2, 0.25) is 0 Å². The quantitative estimate of drug-likeness (QED) is 0.452. The Morgan fingerprint density at radius 3 is 2.64 bits per heavy atom. The lowest BCUT2D eigenvalue weighted by molar-refractivity contribution is -0.118. The van der Waals surface area contributed by atoms with Crippen LogP contribution in [-0.2, 0) is 4.79 Å². The van der Waals surface area contributed by atoms with Crippen LogP contribution in [0, 0.1) is 11.3 Å². The first kappa shape index (κ1) is 24.6. The van der Waals surface area contributed by atoms with Crippen molar-refractivity contribution in [2.45, 2.75) is 44.5 Å². The van der Waals surface area contributed by atoms with Crippen LogP contribution in [0.15, 0.2) is 42.0 Å². The number of hydrogen-bond donors (Lipinski definition) is 3. The molecule has 3 N–H and O–H groups in total. The molecule has 6 nitrogen and oxygen atoms in total. The Morgan fingerprint density at radius 2 is 2.00 bits per heavy atom. The lowest BCUT2D eigenvalue weighted by Gasteiger charge is -2.38. The smallest absolute Gasteiger partial charge is 0.394 e. The summed E-state index contributed by atoms with van der Waals surface area (Å²) in [7, 11) is 0. The number of benzene rings is 2. The first-order chi connectivity index (χ1) is 15.7. The van der Waals surface area contributed by atoms with Crippen molar-refractivity contribution in [1.82, 2.24) is 5.32 Å². The van der Waals surface area contributed by atoms with Crippen molar-refractivity contribution in [1.29, 1.82) is 5.26 Å². The zero-order chi connectivity index (χ0) is 24.2. The number of rotatable bonds is 6. The third-order valence-corrected chi connectivity index (χ3v) is 5.84. The highest BCUT2D eigenvalue weighted by Crippen LogP contribution is 2.45. The molecular weight excluding hydrogens is 435 g/mol. The minimum Gasteiger partial charge on any atom is -0.394 e. The molecule has 9 heteroatoms. The number of amides is 1. The first-order valence-corrected chi connectivity index (χ1v) is 10.8. The molecule has 2 atom stereocenters. The average Bonchev–Trinajstić information content (AvgIpc) is 2.79. The van der Waals surface area contributed by atoms with E-state index < -0.39 is 42.5 Å². The Labute approximate surface area is 189 Å². The third kappa shape index (κ3) is 5.29. The highest BCUT2D eigenvalue weighted by molar-refractivity contribution is 6.09. The van der Waals surface area contributed by atoms with Gasteiger partial charge in [0.05, 0.1) is 24.0 Å². The van der Waals surface area contributed by atoms with E-state index in [2.05, 4.69) is 5.32 Å². The van der Waals surface area contributed by atoms with Crippen LogP contribution >= 0.6 is 0 Å². The third-order valence-electron chi connectivity index (χ3n) is 5.84. The fourth-order valence-corrected chi connectivity index (χ4v) is 4.21. The Hall–Kier alpha value is -3.09. The molecule has 176 valence electrons. The predicted octanol–water partition coefficient (Wildman–Crippen LogP) is 3.53. The minimum atomic E-state index is -4.99. The Balaban J connectivity index is 2.27. The predicted molar refractivity (Wildman–Crippen MR) is 119 cm³/mol. The van der Waals surface area contributed by atoms with E-state index in [1.165, 1.54) is 12.1 Å². The van der Waals surface area contributed by atoms with Crippen LogP contribution in [0.3, 0.4) is 0 Å². The number of carbonyl (C=O) groups excluding carboxylic acids is 1. The Morgan fingerprint density at radius 1 is 1.27 bits per heavy atom. The van der Waals surface area contributed by atoms with E-state index in [1.54, 1.807) is 24.3 Å². The molecular formula is C24H26F3N3O3. The zero-order valence-electron chi connectivity index (χ0n) is 18.2. The molecule has 0 aromatic heterocycles. The number of alkyl halides is 3. The highest BCUT2D eigenvalue weighted by atomic mass is 19.4. The van der Waals surface area contributed by atoms with E-state index in [1.807, 2.05) is 17.9 Å². The molecule has 2 aromatic rings. The van der Waals surface area contributed by atoms with E-state index in [-0.39, 0.29) is 11.6 Å². The second-order valence-electron chi connectivity index (χ2n) is 8.13. The summed E-state index contributed by atoms with van der Waals surface area (Å²) in [6, 6.07) is 11.4. The van der Waals surface area contributed by atoms with Gasteiger partial charge in [-0.1, -0.05) is 36.4 Å². The van der Waals surface area contributed by atoms with Crippen LogP contribution in [-0.4, -0.2) is 54.1 Å². The minimum absolute atomic E-state index is 0.0168. The molecule has 0 radical (unpaired) electrons. The molecule has 1 heterocycles. The Bertz CT molecular complexity index is 1090. The van der Waals surface area contributed by atoms with Crippen molar-refractivity contribution in [2.24, 2.45) is 0 Å². The molecule has 0 saturated carbocycles. The molecule has 2 unspecified atom stereocenters. The molecule has 0 bridgehead atoms. The number of nitrogens with one attached hydrogen (secondary N) is 1. The molecule has 1 saturated heterocycles. The van der Waals surface area contributed by atoms with Crippen LogP contribution in [0.25, 0.3) is 16.3 Å². The van der Waals surface area contributed by atoms with Crippen molar-refractivity contribution < 1.29 is 28.2 Å². The average molecular weight is 461 g/mol. The van der Waals surface area contributed by atoms with Crippen molar-refractivity contribution in [3.63, 3.8) is 0 Å². The van der Waals surface area contributed by atoms with Gasteiger partial charge in [0.1, 0.15) is 11.6 Å². The van der Waals surface area contributed by atoms with Gasteiger partial charge in [0.2, 0.25) is 0 Å². The van der Waals surface area contributed by atoms with E-state index in [4.69, 9.17) is 5.11 Å². The lowest BCUT2D eigenvalue weighted by atomic mass is 9.91. The first-order valence-electron chi connectivity index (χ1n) is 10.8. The number of fused-ring (bicyclic) bond motifs is 1. The van der Waals surface area contributed by atoms with Gasteiger partial charge in [-0.3, -0.25) is 4.79 Å². The molecule has 33 heavy (non-hydrogen) atoms. The van der Waals surface area contributed by atoms with Gasteiger partial charge in [0, 0.05) is 30.1 Å². The van der Waals surface area contributed by atoms with E-state index in [9.17, 15) is 28.3 Å². The standard InChI is InChI=1S/C24H26F3N3O3/c1-15-6-4-5-11-30(15)22-18-8-3-2-7-16(18)9-10-19(22)21(24(25,26)27)20(12-28)23(33)29-13-17(32)14-31/h2-3,7-10,15,17,31-32H,4-6,11,13-14H2,1H3,(H,29,33)/b21-20-. The monoisotopic (exact) mass is 461 g/mol. The van der Waals surface area contributed by atoms with E-state index >= 15 is 0 Å². The van der Waals surface area contributed by atoms with Crippen LogP contribution in [0.4, 0.5) is 18.9 Å². The summed E-state index contributed by atoms with van der Waals surface area (Å²) < 4.78 is 43.2. The Kier molecular flexibility index (Phi) is 7.61. The second kappa shape index (κ2) is 10.2. The van der Waals surface area contributed by atoms with Crippen LogP contribution in [0.1, 0.15) is 31.7 Å². The number of aliphatic hydroxyl groups excluding tert-OH is 2. The number of aliphatic hydroxyl groups is 2. The lowest BCUT2D eigenvalue weighted by Crippen LogP contribution is -2.39. The maximum absolute atomic E-state index is 14.4. The van der Waals surface area contributed by atoms with Crippen molar-refractivity contribution >= 4 is 27.9 Å². The van der Waals surface area contributed by atoms with Gasteiger partial charge in [-0.05, 0) is 31.6 Å². The zero-order valence-corrected chi connectivity index (χ0v) is 18.2. The molecule has 0 spiro atoms. The van der Waals surface area contributed by atoms with Crippen molar-refractivity contribution in [3.8, 4) is 6.07 Å². The number of nitriles is 1. The fraction of sp³-hybridized carbons (Fsp3) is 0.417. The molecule has 1 amide bonds. The summed E-state index contributed by atoms with van der Waals surface area (Å²) in [6.07, 6.45) is -3.73. The molecule has 1 aliphatic rings. The summed E-state index contributed by atoms with van der Waals surface area (Å²) in [5, 5.41) is 31.4. The normalized spacial score (nSPS) is 18.5. The van der Waals surface area contributed by atoms with Gasteiger partial charge in [-0.25, -0.2) is 0 Å². The molecule has 2 aromatic carbocycles. The summed E-state index contributed by atoms with van der Waals surface area (Å²) in [6.45, 7) is 1.35. The van der Waals surface area contributed by atoms with E-state index in [0.29, 0.717) is 17.6 Å².